The number of rotatable bonds is 6. The average molecular weight is 269 g/mol. The van der Waals surface area contributed by atoms with E-state index in [0.29, 0.717) is 11.2 Å². The minimum Gasteiger partial charge on any atom is -0.294 e. The zero-order valence-corrected chi connectivity index (χ0v) is 10.7. The topological polar surface area (TPSA) is 17.1 Å². The van der Waals surface area contributed by atoms with E-state index in [9.17, 15) is 4.79 Å². The monoisotopic (exact) mass is 268 g/mol. The van der Waals surface area contributed by atoms with E-state index in [-0.39, 0.29) is 5.78 Å². The zero-order valence-electron chi connectivity index (χ0n) is 9.08. The molecule has 15 heavy (non-hydrogen) atoms. The maximum absolute atomic E-state index is 11.8. The van der Waals surface area contributed by atoms with Crippen LogP contribution < -0.4 is 0 Å². The molecule has 0 fully saturated rings. The largest absolute Gasteiger partial charge is 0.294 e. The number of unbranched alkanes of at least 4 members (excludes halogenated alkanes) is 1. The third-order valence-corrected chi connectivity index (χ3v) is 3.16. The van der Waals surface area contributed by atoms with Gasteiger partial charge in [-0.15, -0.1) is 0 Å². The van der Waals surface area contributed by atoms with Gasteiger partial charge in [0.25, 0.3) is 0 Å². The number of alkyl halides is 1. The fourth-order valence-corrected chi connectivity index (χ4v) is 2.09. The Morgan fingerprint density at radius 3 is 2.60 bits per heavy atom. The van der Waals surface area contributed by atoms with Gasteiger partial charge in [-0.05, 0) is 6.42 Å². The molecule has 0 aromatic heterocycles. The summed E-state index contributed by atoms with van der Waals surface area (Å²) in [6.07, 6.45) is 4.04. The van der Waals surface area contributed by atoms with Crippen molar-refractivity contribution < 1.29 is 4.79 Å². The number of carbonyl (C=O) groups excluding carboxylic acids is 1. The molecule has 0 radical (unpaired) electrons. The average Bonchev–Trinajstić information content (AvgIpc) is 2.27. The highest BCUT2D eigenvalue weighted by Crippen LogP contribution is 2.16. The van der Waals surface area contributed by atoms with Crippen LogP contribution in [0, 0.1) is 0 Å². The van der Waals surface area contributed by atoms with Crippen molar-refractivity contribution in [1.29, 1.82) is 0 Å². The molecule has 82 valence electrons. The molecule has 0 aliphatic rings. The van der Waals surface area contributed by atoms with Gasteiger partial charge in [-0.3, -0.25) is 4.79 Å². The molecule has 0 amide bonds. The van der Waals surface area contributed by atoms with E-state index >= 15 is 0 Å². The van der Waals surface area contributed by atoms with Crippen molar-refractivity contribution in [3.63, 3.8) is 0 Å². The van der Waals surface area contributed by atoms with Crippen LogP contribution in [0.25, 0.3) is 0 Å². The van der Waals surface area contributed by atoms with Crippen molar-refractivity contribution in [2.75, 3.05) is 0 Å². The summed E-state index contributed by atoms with van der Waals surface area (Å²) in [6, 6.07) is 9.49. The summed E-state index contributed by atoms with van der Waals surface area (Å²) in [7, 11) is 0. The van der Waals surface area contributed by atoms with Crippen LogP contribution in [0.2, 0.25) is 0 Å². The van der Waals surface area contributed by atoms with Gasteiger partial charge in [-0.25, -0.2) is 0 Å². The number of carbonyl (C=O) groups is 1. The molecule has 0 heterocycles. The van der Waals surface area contributed by atoms with Crippen LogP contribution >= 0.6 is 15.9 Å². The fourth-order valence-electron chi connectivity index (χ4n) is 1.47. The highest BCUT2D eigenvalue weighted by atomic mass is 79.9. The number of Topliss-reactive ketones (excluding diaryl/α,β-unsaturated/α-hetero) is 1. The molecule has 0 aliphatic heterocycles. The number of hydrogen-bond acceptors (Lipinski definition) is 1. The molecular weight excluding hydrogens is 252 g/mol. The van der Waals surface area contributed by atoms with Gasteiger partial charge >= 0.3 is 0 Å². The van der Waals surface area contributed by atoms with E-state index in [1.807, 2.05) is 30.3 Å². The number of benzene rings is 1. The third kappa shape index (κ3) is 4.61. The van der Waals surface area contributed by atoms with Gasteiger partial charge in [0.1, 0.15) is 0 Å². The van der Waals surface area contributed by atoms with E-state index in [1.54, 1.807) is 0 Å². The molecule has 0 bridgehead atoms. The van der Waals surface area contributed by atoms with Crippen LogP contribution in [-0.4, -0.2) is 10.6 Å². The Kier molecular flexibility index (Phi) is 5.62. The lowest BCUT2D eigenvalue weighted by molar-refractivity contribution is 0.0982. The molecule has 0 N–H and O–H groups in total. The summed E-state index contributed by atoms with van der Waals surface area (Å²) in [5, 5.41) is 0. The third-order valence-electron chi connectivity index (χ3n) is 2.37. The first-order valence-electron chi connectivity index (χ1n) is 5.46. The molecule has 0 spiro atoms. The Morgan fingerprint density at radius 2 is 2.00 bits per heavy atom. The molecule has 1 nitrogen and oxygen atoms in total. The van der Waals surface area contributed by atoms with Gasteiger partial charge in [-0.2, -0.15) is 0 Å². The summed E-state index contributed by atoms with van der Waals surface area (Å²) in [4.78, 5) is 12.1. The summed E-state index contributed by atoms with van der Waals surface area (Å²) in [5.41, 5.74) is 0.818. The quantitative estimate of drug-likeness (QED) is 0.558. The first-order chi connectivity index (χ1) is 7.24. The number of hydrogen-bond donors (Lipinski definition) is 0. The van der Waals surface area contributed by atoms with Gasteiger partial charge in [0.15, 0.2) is 5.78 Å². The highest BCUT2D eigenvalue weighted by Gasteiger charge is 2.11. The van der Waals surface area contributed by atoms with Crippen molar-refractivity contribution in [2.24, 2.45) is 0 Å². The molecule has 1 rings (SSSR count). The Hall–Kier alpha value is -0.630. The van der Waals surface area contributed by atoms with Gasteiger partial charge < -0.3 is 0 Å². The van der Waals surface area contributed by atoms with E-state index in [2.05, 4.69) is 22.9 Å². The van der Waals surface area contributed by atoms with Crippen molar-refractivity contribution in [2.45, 2.75) is 37.4 Å². The van der Waals surface area contributed by atoms with Crippen LogP contribution in [0.3, 0.4) is 0 Å². The van der Waals surface area contributed by atoms with Crippen molar-refractivity contribution >= 4 is 21.7 Å². The molecule has 1 aromatic rings. The van der Waals surface area contributed by atoms with Crippen molar-refractivity contribution in [3.8, 4) is 0 Å². The van der Waals surface area contributed by atoms with E-state index in [1.165, 1.54) is 12.8 Å². The zero-order chi connectivity index (χ0) is 11.1. The minimum atomic E-state index is 0.230. The Balaban J connectivity index is 2.42. The van der Waals surface area contributed by atoms with Crippen LogP contribution in [0.1, 0.15) is 43.0 Å². The number of halogens is 1. The molecule has 1 aromatic carbocycles. The maximum Gasteiger partial charge on any atom is 0.163 e. The van der Waals surface area contributed by atoms with Crippen molar-refractivity contribution in [3.05, 3.63) is 35.9 Å². The lowest BCUT2D eigenvalue weighted by Gasteiger charge is -2.07. The van der Waals surface area contributed by atoms with E-state index in [4.69, 9.17) is 0 Å². The summed E-state index contributed by atoms with van der Waals surface area (Å²) in [6.45, 7) is 2.17. The standard InChI is InChI=1S/C13H17BrO/c1-2-3-9-12(14)10-13(15)11-7-5-4-6-8-11/h4-8,12H,2-3,9-10H2,1H3. The molecule has 0 aliphatic carbocycles. The molecule has 2 heteroatoms. The first kappa shape index (κ1) is 12.4. The summed E-state index contributed by atoms with van der Waals surface area (Å²) in [5.74, 6) is 0.230. The van der Waals surface area contributed by atoms with Crippen LogP contribution in [0.5, 0.6) is 0 Å². The van der Waals surface area contributed by atoms with E-state index < -0.39 is 0 Å². The van der Waals surface area contributed by atoms with E-state index in [0.717, 1.165) is 12.0 Å². The first-order valence-corrected chi connectivity index (χ1v) is 6.38. The number of ketones is 1. The second kappa shape index (κ2) is 6.78. The highest BCUT2D eigenvalue weighted by molar-refractivity contribution is 9.09. The lowest BCUT2D eigenvalue weighted by atomic mass is 10.0. The second-order valence-electron chi connectivity index (χ2n) is 3.73. The Labute approximate surface area is 100 Å². The van der Waals surface area contributed by atoms with Crippen LogP contribution in [0.15, 0.2) is 30.3 Å². The summed E-state index contributed by atoms with van der Waals surface area (Å²) >= 11 is 3.56. The van der Waals surface area contributed by atoms with Gasteiger partial charge in [-0.1, -0.05) is 66.0 Å². The molecule has 1 atom stereocenters. The second-order valence-corrected chi connectivity index (χ2v) is 5.03. The van der Waals surface area contributed by atoms with Crippen LogP contribution in [0.4, 0.5) is 0 Å². The smallest absolute Gasteiger partial charge is 0.163 e. The van der Waals surface area contributed by atoms with Gasteiger partial charge in [0, 0.05) is 16.8 Å². The summed E-state index contributed by atoms with van der Waals surface area (Å²) < 4.78 is 0. The molecular formula is C13H17BrO. The van der Waals surface area contributed by atoms with Crippen LogP contribution in [-0.2, 0) is 0 Å². The lowest BCUT2D eigenvalue weighted by Crippen LogP contribution is -2.07. The Morgan fingerprint density at radius 1 is 1.33 bits per heavy atom. The fraction of sp³-hybridized carbons (Fsp3) is 0.462. The molecule has 1 unspecified atom stereocenters. The van der Waals surface area contributed by atoms with Crippen molar-refractivity contribution in [1.82, 2.24) is 0 Å². The predicted octanol–water partition coefficient (Wildman–Crippen LogP) is 4.21. The Bertz CT molecular complexity index is 295. The molecule has 0 saturated heterocycles. The SMILES string of the molecule is CCCCC(Br)CC(=O)c1ccccc1. The van der Waals surface area contributed by atoms with Gasteiger partial charge in [0.05, 0.1) is 0 Å². The molecule has 0 saturated carbocycles. The minimum absolute atomic E-state index is 0.230. The maximum atomic E-state index is 11.8. The van der Waals surface area contributed by atoms with Gasteiger partial charge in [0.2, 0.25) is 0 Å². The predicted molar refractivity (Wildman–Crippen MR) is 67.6 cm³/mol. The normalized spacial score (nSPS) is 12.4.